The van der Waals surface area contributed by atoms with Gasteiger partial charge in [0.05, 0.1) is 0 Å². The molecule has 0 spiro atoms. The highest BCUT2D eigenvalue weighted by atomic mass is 16.5. The first-order valence-corrected chi connectivity index (χ1v) is 6.29. The van der Waals surface area contributed by atoms with Gasteiger partial charge in [-0.3, -0.25) is 0 Å². The number of carboxylic acids is 1. The van der Waals surface area contributed by atoms with Gasteiger partial charge in [-0.1, -0.05) is 24.3 Å². The van der Waals surface area contributed by atoms with Gasteiger partial charge in [0.15, 0.2) is 0 Å². The highest BCUT2D eigenvalue weighted by Crippen LogP contribution is 2.20. The van der Waals surface area contributed by atoms with Crippen LogP contribution in [0.2, 0.25) is 0 Å². The van der Waals surface area contributed by atoms with Crippen molar-refractivity contribution in [3.63, 3.8) is 0 Å². The van der Waals surface area contributed by atoms with Crippen LogP contribution in [0.25, 0.3) is 0 Å². The molecule has 0 amide bonds. The molecule has 0 aliphatic carbocycles. The van der Waals surface area contributed by atoms with E-state index >= 15 is 0 Å². The average Bonchev–Trinajstić information content (AvgIpc) is 2.45. The molecule has 0 saturated carbocycles. The summed E-state index contributed by atoms with van der Waals surface area (Å²) in [6, 6.07) is 14.6. The van der Waals surface area contributed by atoms with E-state index in [4.69, 9.17) is 9.84 Å². The lowest BCUT2D eigenvalue weighted by atomic mass is 10.2. The number of aromatic carboxylic acids is 1. The summed E-state index contributed by atoms with van der Waals surface area (Å²) in [5.41, 5.74) is 2.25. The molecule has 1 N–H and O–H groups in total. The normalized spacial score (nSPS) is 10.1. The lowest BCUT2D eigenvalue weighted by Gasteiger charge is -2.14. The number of ether oxygens (including phenoxy) is 1. The second kappa shape index (κ2) is 6.10. The summed E-state index contributed by atoms with van der Waals surface area (Å²) in [6.45, 7) is 0.339. The number of nitrogens with zero attached hydrogens (tertiary/aromatic N) is 1. The number of carboxylic acid groups (broad SMARTS) is 1. The summed E-state index contributed by atoms with van der Waals surface area (Å²) in [5, 5.41) is 9.09. The van der Waals surface area contributed by atoms with Crippen molar-refractivity contribution in [1.29, 1.82) is 0 Å². The molecular formula is C16H17NO3. The second-order valence-corrected chi connectivity index (χ2v) is 4.65. The van der Waals surface area contributed by atoms with Crippen molar-refractivity contribution in [2.75, 3.05) is 19.0 Å². The van der Waals surface area contributed by atoms with Gasteiger partial charge in [-0.25, -0.2) is 4.79 Å². The van der Waals surface area contributed by atoms with Gasteiger partial charge in [0.25, 0.3) is 0 Å². The van der Waals surface area contributed by atoms with Gasteiger partial charge in [-0.15, -0.1) is 0 Å². The van der Waals surface area contributed by atoms with Gasteiger partial charge in [-0.05, 0) is 29.8 Å². The lowest BCUT2D eigenvalue weighted by Crippen LogP contribution is -2.09. The van der Waals surface area contributed by atoms with E-state index in [1.165, 1.54) is 6.07 Å². The van der Waals surface area contributed by atoms with Crippen molar-refractivity contribution in [3.05, 3.63) is 59.7 Å². The van der Waals surface area contributed by atoms with E-state index in [-0.39, 0.29) is 5.56 Å². The van der Waals surface area contributed by atoms with Crippen LogP contribution in [0, 0.1) is 0 Å². The molecule has 104 valence electrons. The fourth-order valence-corrected chi connectivity index (χ4v) is 1.85. The van der Waals surface area contributed by atoms with Crippen LogP contribution < -0.4 is 9.64 Å². The van der Waals surface area contributed by atoms with Crippen LogP contribution in [-0.2, 0) is 6.61 Å². The Morgan fingerprint density at radius 2 is 1.90 bits per heavy atom. The molecule has 0 bridgehead atoms. The Bertz CT molecular complexity index is 608. The van der Waals surface area contributed by atoms with Gasteiger partial charge >= 0.3 is 5.97 Å². The average molecular weight is 271 g/mol. The van der Waals surface area contributed by atoms with Crippen molar-refractivity contribution in [1.82, 2.24) is 0 Å². The maximum atomic E-state index is 11.1. The molecule has 20 heavy (non-hydrogen) atoms. The summed E-state index contributed by atoms with van der Waals surface area (Å²) < 4.78 is 5.62. The lowest BCUT2D eigenvalue weighted by molar-refractivity contribution is 0.0692. The molecule has 4 nitrogen and oxygen atoms in total. The Morgan fingerprint density at radius 1 is 1.15 bits per heavy atom. The molecule has 0 aliphatic heterocycles. The van der Waals surface area contributed by atoms with Crippen LogP contribution in [0.4, 0.5) is 5.69 Å². The van der Waals surface area contributed by atoms with Crippen LogP contribution in [0.3, 0.4) is 0 Å². The Kier molecular flexibility index (Phi) is 4.25. The number of benzene rings is 2. The predicted molar refractivity (Wildman–Crippen MR) is 78.5 cm³/mol. The summed E-state index contributed by atoms with van der Waals surface area (Å²) in [6.07, 6.45) is 0. The number of rotatable bonds is 5. The smallest absolute Gasteiger partial charge is 0.339 e. The van der Waals surface area contributed by atoms with E-state index in [2.05, 4.69) is 0 Å². The molecule has 0 radical (unpaired) electrons. The zero-order valence-corrected chi connectivity index (χ0v) is 11.5. The topological polar surface area (TPSA) is 49.8 Å². The zero-order valence-electron chi connectivity index (χ0n) is 11.5. The van der Waals surface area contributed by atoms with Crippen molar-refractivity contribution >= 4 is 11.7 Å². The fraction of sp³-hybridized carbons (Fsp3) is 0.188. The number of para-hydroxylation sites is 1. The van der Waals surface area contributed by atoms with Gasteiger partial charge < -0.3 is 14.7 Å². The van der Waals surface area contributed by atoms with Crippen LogP contribution in [0.15, 0.2) is 48.5 Å². The fourth-order valence-electron chi connectivity index (χ4n) is 1.85. The summed E-state index contributed by atoms with van der Waals surface area (Å²) in [4.78, 5) is 13.1. The van der Waals surface area contributed by atoms with Crippen molar-refractivity contribution in [2.24, 2.45) is 0 Å². The molecule has 0 heterocycles. The summed E-state index contributed by atoms with van der Waals surface area (Å²) in [5.74, 6) is -0.599. The molecule has 4 heteroatoms. The molecule has 0 aromatic heterocycles. The number of hydrogen-bond acceptors (Lipinski definition) is 3. The van der Waals surface area contributed by atoms with E-state index < -0.39 is 5.97 Å². The van der Waals surface area contributed by atoms with Crippen LogP contribution in [0.5, 0.6) is 5.75 Å². The molecule has 0 atom stereocenters. The maximum absolute atomic E-state index is 11.1. The van der Waals surface area contributed by atoms with Gasteiger partial charge in [0.1, 0.15) is 17.9 Å². The standard InChI is InChI=1S/C16H17NO3/c1-17(2)13-7-5-6-12(10-13)11-20-15-9-4-3-8-14(15)16(18)19/h3-10H,11H2,1-2H3,(H,18,19). The first-order valence-electron chi connectivity index (χ1n) is 6.29. The molecule has 0 saturated heterocycles. The van der Waals surface area contributed by atoms with E-state index in [1.54, 1.807) is 18.2 Å². The Balaban J connectivity index is 2.13. The van der Waals surface area contributed by atoms with Crippen molar-refractivity contribution < 1.29 is 14.6 Å². The third-order valence-electron chi connectivity index (χ3n) is 2.94. The van der Waals surface area contributed by atoms with Crippen LogP contribution in [0.1, 0.15) is 15.9 Å². The van der Waals surface area contributed by atoms with Gasteiger partial charge in [-0.2, -0.15) is 0 Å². The first-order chi connectivity index (χ1) is 9.58. The zero-order chi connectivity index (χ0) is 14.5. The van der Waals surface area contributed by atoms with Gasteiger partial charge in [0.2, 0.25) is 0 Å². The van der Waals surface area contributed by atoms with Crippen molar-refractivity contribution in [2.45, 2.75) is 6.61 Å². The van der Waals surface area contributed by atoms with Crippen molar-refractivity contribution in [3.8, 4) is 5.75 Å². The van der Waals surface area contributed by atoms with Crippen LogP contribution >= 0.6 is 0 Å². The second-order valence-electron chi connectivity index (χ2n) is 4.65. The molecule has 0 aliphatic rings. The Labute approximate surface area is 118 Å². The molecule has 2 rings (SSSR count). The molecule has 2 aromatic rings. The minimum Gasteiger partial charge on any atom is -0.488 e. The predicted octanol–water partition coefficient (Wildman–Crippen LogP) is 3.03. The third-order valence-corrected chi connectivity index (χ3v) is 2.94. The Hall–Kier alpha value is -2.49. The molecule has 2 aromatic carbocycles. The molecule has 0 fully saturated rings. The largest absolute Gasteiger partial charge is 0.488 e. The number of carbonyl (C=O) groups is 1. The first kappa shape index (κ1) is 13.9. The molecular weight excluding hydrogens is 254 g/mol. The summed E-state index contributed by atoms with van der Waals surface area (Å²) >= 11 is 0. The van der Waals surface area contributed by atoms with E-state index in [9.17, 15) is 4.79 Å². The molecule has 0 unspecified atom stereocenters. The highest BCUT2D eigenvalue weighted by Gasteiger charge is 2.10. The van der Waals surface area contributed by atoms with E-state index in [1.807, 2.05) is 43.3 Å². The SMILES string of the molecule is CN(C)c1cccc(COc2ccccc2C(=O)O)c1. The third kappa shape index (κ3) is 3.29. The summed E-state index contributed by atoms with van der Waals surface area (Å²) in [7, 11) is 3.94. The van der Waals surface area contributed by atoms with Crippen LogP contribution in [-0.4, -0.2) is 25.2 Å². The highest BCUT2D eigenvalue weighted by molar-refractivity contribution is 5.90. The number of hydrogen-bond donors (Lipinski definition) is 1. The van der Waals surface area contributed by atoms with Gasteiger partial charge in [0, 0.05) is 19.8 Å². The monoisotopic (exact) mass is 271 g/mol. The quantitative estimate of drug-likeness (QED) is 0.908. The van der Waals surface area contributed by atoms with E-state index in [0.29, 0.717) is 12.4 Å². The number of anilines is 1. The minimum absolute atomic E-state index is 0.177. The van der Waals surface area contributed by atoms with E-state index in [0.717, 1.165) is 11.3 Å². The minimum atomic E-state index is -0.984. The Morgan fingerprint density at radius 3 is 2.60 bits per heavy atom. The maximum Gasteiger partial charge on any atom is 0.339 e.